The highest BCUT2D eigenvalue weighted by Gasteiger charge is 2.07. The molecule has 1 aromatic heterocycles. The summed E-state index contributed by atoms with van der Waals surface area (Å²) in [6, 6.07) is 9.96. The molecule has 2 aromatic rings. The lowest BCUT2D eigenvalue weighted by Crippen LogP contribution is -2.25. The average Bonchev–Trinajstić information content (AvgIpc) is 2.86. The molecule has 1 aromatic carbocycles. The van der Waals surface area contributed by atoms with Gasteiger partial charge < -0.3 is 5.32 Å². The quantitative estimate of drug-likeness (QED) is 0.838. The minimum absolute atomic E-state index is 0.0280. The molecule has 18 heavy (non-hydrogen) atoms. The first-order valence-corrected chi connectivity index (χ1v) is 6.55. The first kappa shape index (κ1) is 12.5. The molecule has 2 rings (SSSR count). The Morgan fingerprint density at radius 1 is 1.39 bits per heavy atom. The van der Waals surface area contributed by atoms with Gasteiger partial charge in [-0.3, -0.25) is 4.79 Å². The van der Waals surface area contributed by atoms with Crippen LogP contribution in [0.4, 0.5) is 0 Å². The topological polar surface area (TPSA) is 42.0 Å². The van der Waals surface area contributed by atoms with Crippen molar-refractivity contribution in [3.63, 3.8) is 0 Å². The van der Waals surface area contributed by atoms with Gasteiger partial charge in [-0.1, -0.05) is 36.4 Å². The highest BCUT2D eigenvalue weighted by Crippen LogP contribution is 2.23. The van der Waals surface area contributed by atoms with E-state index in [4.69, 9.17) is 0 Å². The van der Waals surface area contributed by atoms with E-state index in [1.807, 2.05) is 35.7 Å². The van der Waals surface area contributed by atoms with Gasteiger partial charge >= 0.3 is 0 Å². The van der Waals surface area contributed by atoms with Crippen LogP contribution in [-0.2, 0) is 11.2 Å². The van der Waals surface area contributed by atoms with Gasteiger partial charge in [0.2, 0.25) is 5.91 Å². The molecular weight excluding hydrogens is 244 g/mol. The van der Waals surface area contributed by atoms with E-state index in [2.05, 4.69) is 16.9 Å². The fourth-order valence-electron chi connectivity index (χ4n) is 1.51. The summed E-state index contributed by atoms with van der Waals surface area (Å²) in [5.74, 6) is -0.0280. The molecule has 1 heterocycles. The summed E-state index contributed by atoms with van der Waals surface area (Å²) in [4.78, 5) is 16.0. The van der Waals surface area contributed by atoms with Crippen molar-refractivity contribution in [1.82, 2.24) is 10.3 Å². The third-order valence-corrected chi connectivity index (χ3v) is 3.30. The molecule has 1 N–H and O–H groups in total. The average molecular weight is 258 g/mol. The van der Waals surface area contributed by atoms with Crippen molar-refractivity contribution < 1.29 is 4.79 Å². The monoisotopic (exact) mass is 258 g/mol. The lowest BCUT2D eigenvalue weighted by Gasteiger charge is -1.99. The van der Waals surface area contributed by atoms with Crippen LogP contribution >= 0.6 is 11.3 Å². The summed E-state index contributed by atoms with van der Waals surface area (Å²) in [5, 5.41) is 5.61. The Kier molecular flexibility index (Phi) is 4.25. The van der Waals surface area contributed by atoms with E-state index < -0.39 is 0 Å². The van der Waals surface area contributed by atoms with Crippen LogP contribution in [0.5, 0.6) is 0 Å². The first-order valence-electron chi connectivity index (χ1n) is 5.67. The Morgan fingerprint density at radius 2 is 2.17 bits per heavy atom. The molecule has 4 heteroatoms. The van der Waals surface area contributed by atoms with Crippen molar-refractivity contribution in [1.29, 1.82) is 0 Å². The van der Waals surface area contributed by atoms with Gasteiger partial charge in [-0.15, -0.1) is 17.9 Å². The minimum Gasteiger partial charge on any atom is -0.352 e. The van der Waals surface area contributed by atoms with Crippen LogP contribution < -0.4 is 5.32 Å². The maximum atomic E-state index is 11.5. The van der Waals surface area contributed by atoms with Crippen LogP contribution in [0.3, 0.4) is 0 Å². The predicted molar refractivity (Wildman–Crippen MR) is 74.5 cm³/mol. The predicted octanol–water partition coefficient (Wildman–Crippen LogP) is 2.65. The van der Waals surface area contributed by atoms with Crippen LogP contribution in [0.25, 0.3) is 10.6 Å². The van der Waals surface area contributed by atoms with Crippen molar-refractivity contribution in [3.05, 3.63) is 54.1 Å². The molecule has 0 unspecified atom stereocenters. The van der Waals surface area contributed by atoms with Gasteiger partial charge in [0.25, 0.3) is 0 Å². The van der Waals surface area contributed by atoms with E-state index in [9.17, 15) is 4.79 Å². The van der Waals surface area contributed by atoms with Crippen molar-refractivity contribution in [2.45, 2.75) is 6.42 Å². The number of hydrogen-bond donors (Lipinski definition) is 1. The van der Waals surface area contributed by atoms with E-state index >= 15 is 0 Å². The normalized spacial score (nSPS) is 10.0. The van der Waals surface area contributed by atoms with Gasteiger partial charge in [0, 0.05) is 17.5 Å². The zero-order valence-electron chi connectivity index (χ0n) is 9.93. The number of hydrogen-bond acceptors (Lipinski definition) is 3. The molecule has 92 valence electrons. The van der Waals surface area contributed by atoms with Gasteiger partial charge in [0.05, 0.1) is 12.1 Å². The molecule has 1 amide bonds. The second kappa shape index (κ2) is 6.12. The highest BCUT2D eigenvalue weighted by atomic mass is 32.1. The zero-order chi connectivity index (χ0) is 12.8. The fraction of sp³-hybridized carbons (Fsp3) is 0.143. The third-order valence-electron chi connectivity index (χ3n) is 2.36. The lowest BCUT2D eigenvalue weighted by atomic mass is 10.2. The van der Waals surface area contributed by atoms with Gasteiger partial charge in [0.15, 0.2) is 0 Å². The molecule has 3 nitrogen and oxygen atoms in total. The number of thiazole rings is 1. The maximum Gasteiger partial charge on any atom is 0.226 e. The molecule has 0 spiro atoms. The largest absolute Gasteiger partial charge is 0.352 e. The Bertz CT molecular complexity index is 534. The smallest absolute Gasteiger partial charge is 0.226 e. The van der Waals surface area contributed by atoms with Crippen LogP contribution in [-0.4, -0.2) is 17.4 Å². The molecule has 0 atom stereocenters. The Hall–Kier alpha value is -1.94. The van der Waals surface area contributed by atoms with Crippen molar-refractivity contribution >= 4 is 17.2 Å². The summed E-state index contributed by atoms with van der Waals surface area (Å²) in [6.45, 7) is 4.05. The van der Waals surface area contributed by atoms with Crippen LogP contribution in [0, 0.1) is 0 Å². The summed E-state index contributed by atoms with van der Waals surface area (Å²) in [7, 11) is 0. The lowest BCUT2D eigenvalue weighted by molar-refractivity contribution is -0.120. The van der Waals surface area contributed by atoms with Crippen LogP contribution in [0.1, 0.15) is 5.69 Å². The second-order valence-corrected chi connectivity index (χ2v) is 4.64. The number of nitrogens with one attached hydrogen (secondary N) is 1. The summed E-state index contributed by atoms with van der Waals surface area (Å²) < 4.78 is 0. The Balaban J connectivity index is 2.02. The number of nitrogens with zero attached hydrogens (tertiary/aromatic N) is 1. The van der Waals surface area contributed by atoms with E-state index in [1.165, 1.54) is 0 Å². The molecule has 0 saturated heterocycles. The second-order valence-electron chi connectivity index (χ2n) is 3.78. The standard InChI is InChI=1S/C14H14N2OS/c1-2-8-15-13(17)9-12-10-18-14(16-12)11-6-4-3-5-7-11/h2-7,10H,1,8-9H2,(H,15,17). The zero-order valence-corrected chi connectivity index (χ0v) is 10.7. The Morgan fingerprint density at radius 3 is 2.89 bits per heavy atom. The molecule has 0 aliphatic rings. The summed E-state index contributed by atoms with van der Waals surface area (Å²) >= 11 is 1.56. The molecule has 0 fully saturated rings. The maximum absolute atomic E-state index is 11.5. The van der Waals surface area contributed by atoms with E-state index in [0.29, 0.717) is 13.0 Å². The molecule has 0 bridgehead atoms. The highest BCUT2D eigenvalue weighted by molar-refractivity contribution is 7.13. The van der Waals surface area contributed by atoms with E-state index in [1.54, 1.807) is 17.4 Å². The first-order chi connectivity index (χ1) is 8.79. The SMILES string of the molecule is C=CCNC(=O)Cc1csc(-c2ccccc2)n1. The summed E-state index contributed by atoms with van der Waals surface area (Å²) in [5.41, 5.74) is 1.89. The number of carbonyl (C=O) groups excluding carboxylic acids is 1. The van der Waals surface area contributed by atoms with Crippen molar-refractivity contribution in [2.24, 2.45) is 0 Å². The number of aromatic nitrogens is 1. The van der Waals surface area contributed by atoms with Crippen molar-refractivity contribution in [2.75, 3.05) is 6.54 Å². The van der Waals surface area contributed by atoms with E-state index in [0.717, 1.165) is 16.3 Å². The van der Waals surface area contributed by atoms with E-state index in [-0.39, 0.29) is 5.91 Å². The number of rotatable bonds is 5. The van der Waals surface area contributed by atoms with Crippen molar-refractivity contribution in [3.8, 4) is 10.6 Å². The molecule has 0 aliphatic carbocycles. The third kappa shape index (κ3) is 3.28. The molecule has 0 radical (unpaired) electrons. The Labute approximate surface area is 110 Å². The minimum atomic E-state index is -0.0280. The van der Waals surface area contributed by atoms with Gasteiger partial charge in [-0.25, -0.2) is 4.98 Å². The van der Waals surface area contributed by atoms with Crippen LogP contribution in [0.15, 0.2) is 48.4 Å². The van der Waals surface area contributed by atoms with Crippen LogP contribution in [0.2, 0.25) is 0 Å². The van der Waals surface area contributed by atoms with Gasteiger partial charge in [-0.05, 0) is 0 Å². The molecule has 0 saturated carbocycles. The number of amides is 1. The molecule has 0 aliphatic heterocycles. The molecular formula is C14H14N2OS. The fourth-order valence-corrected chi connectivity index (χ4v) is 2.34. The number of carbonyl (C=O) groups is 1. The number of benzene rings is 1. The van der Waals surface area contributed by atoms with Gasteiger partial charge in [0.1, 0.15) is 5.01 Å². The summed E-state index contributed by atoms with van der Waals surface area (Å²) in [6.07, 6.45) is 1.98. The van der Waals surface area contributed by atoms with Gasteiger partial charge in [-0.2, -0.15) is 0 Å².